The lowest BCUT2D eigenvalue weighted by molar-refractivity contribution is -0.126. The SMILES string of the molecule is COc1ccc2cc(CN3CCCC(C(=O)NCCN)C3)ccc2c1. The lowest BCUT2D eigenvalue weighted by atomic mass is 9.96. The van der Waals surface area contributed by atoms with E-state index in [1.54, 1.807) is 7.11 Å². The third kappa shape index (κ3) is 4.50. The monoisotopic (exact) mass is 341 g/mol. The van der Waals surface area contributed by atoms with Crippen LogP contribution in [0.3, 0.4) is 0 Å². The summed E-state index contributed by atoms with van der Waals surface area (Å²) < 4.78 is 5.28. The molecule has 1 heterocycles. The highest BCUT2D eigenvalue weighted by molar-refractivity contribution is 5.84. The molecule has 5 heteroatoms. The summed E-state index contributed by atoms with van der Waals surface area (Å²) in [5, 5.41) is 5.32. The molecule has 0 saturated carbocycles. The number of nitrogens with two attached hydrogens (primary N) is 1. The van der Waals surface area contributed by atoms with Gasteiger partial charge in [0.25, 0.3) is 0 Å². The number of nitrogens with zero attached hydrogens (tertiary/aromatic N) is 1. The van der Waals surface area contributed by atoms with Gasteiger partial charge >= 0.3 is 0 Å². The molecule has 0 aliphatic carbocycles. The van der Waals surface area contributed by atoms with E-state index in [4.69, 9.17) is 10.5 Å². The first-order chi connectivity index (χ1) is 12.2. The minimum atomic E-state index is 0.0741. The number of nitrogens with one attached hydrogen (secondary N) is 1. The maximum Gasteiger partial charge on any atom is 0.224 e. The van der Waals surface area contributed by atoms with Crippen LogP contribution in [0.5, 0.6) is 5.75 Å². The van der Waals surface area contributed by atoms with Gasteiger partial charge in [0, 0.05) is 26.2 Å². The molecule has 3 rings (SSSR count). The molecule has 0 bridgehead atoms. The Balaban J connectivity index is 1.65. The quantitative estimate of drug-likeness (QED) is 0.845. The van der Waals surface area contributed by atoms with E-state index >= 15 is 0 Å². The van der Waals surface area contributed by atoms with Crippen LogP contribution in [0.15, 0.2) is 36.4 Å². The van der Waals surface area contributed by atoms with Crippen LogP contribution in [0.1, 0.15) is 18.4 Å². The first-order valence-corrected chi connectivity index (χ1v) is 8.96. The lowest BCUT2D eigenvalue weighted by Crippen LogP contribution is -2.43. The zero-order chi connectivity index (χ0) is 17.6. The van der Waals surface area contributed by atoms with Crippen LogP contribution in [0, 0.1) is 5.92 Å². The molecule has 1 amide bonds. The summed E-state index contributed by atoms with van der Waals surface area (Å²) >= 11 is 0. The summed E-state index contributed by atoms with van der Waals surface area (Å²) in [5.74, 6) is 1.09. The molecule has 2 aromatic rings. The molecule has 0 radical (unpaired) electrons. The average molecular weight is 341 g/mol. The molecule has 1 atom stereocenters. The van der Waals surface area contributed by atoms with Gasteiger partial charge in [-0.2, -0.15) is 0 Å². The van der Waals surface area contributed by atoms with Gasteiger partial charge in [0.2, 0.25) is 5.91 Å². The number of amides is 1. The van der Waals surface area contributed by atoms with Gasteiger partial charge in [0.05, 0.1) is 13.0 Å². The van der Waals surface area contributed by atoms with Gasteiger partial charge in [-0.3, -0.25) is 9.69 Å². The number of rotatable bonds is 6. The molecule has 1 aliphatic rings. The van der Waals surface area contributed by atoms with E-state index in [1.807, 2.05) is 6.07 Å². The van der Waals surface area contributed by atoms with Gasteiger partial charge in [0.1, 0.15) is 5.75 Å². The summed E-state index contributed by atoms with van der Waals surface area (Å²) in [7, 11) is 1.69. The maximum atomic E-state index is 12.2. The van der Waals surface area contributed by atoms with Crippen LogP contribution in [-0.2, 0) is 11.3 Å². The molecular formula is C20H27N3O2. The number of carbonyl (C=O) groups excluding carboxylic acids is 1. The fraction of sp³-hybridized carbons (Fsp3) is 0.450. The molecule has 2 aromatic carbocycles. The highest BCUT2D eigenvalue weighted by atomic mass is 16.5. The van der Waals surface area contributed by atoms with E-state index in [-0.39, 0.29) is 11.8 Å². The molecule has 0 spiro atoms. The second-order valence-electron chi connectivity index (χ2n) is 6.70. The number of hydrogen-bond donors (Lipinski definition) is 2. The second-order valence-corrected chi connectivity index (χ2v) is 6.70. The van der Waals surface area contributed by atoms with E-state index in [0.29, 0.717) is 13.1 Å². The topological polar surface area (TPSA) is 67.6 Å². The van der Waals surface area contributed by atoms with Crippen LogP contribution in [0.4, 0.5) is 0 Å². The Kier molecular flexibility index (Phi) is 5.89. The Morgan fingerprint density at radius 1 is 1.28 bits per heavy atom. The van der Waals surface area contributed by atoms with Crippen LogP contribution >= 0.6 is 0 Å². The van der Waals surface area contributed by atoms with Crippen LogP contribution < -0.4 is 15.8 Å². The van der Waals surface area contributed by atoms with Gasteiger partial charge in [-0.15, -0.1) is 0 Å². The average Bonchev–Trinajstić information content (AvgIpc) is 2.65. The summed E-state index contributed by atoms with van der Waals surface area (Å²) in [4.78, 5) is 14.6. The van der Waals surface area contributed by atoms with Gasteiger partial charge in [-0.1, -0.05) is 18.2 Å². The first kappa shape index (κ1) is 17.7. The number of fused-ring (bicyclic) bond motifs is 1. The van der Waals surface area contributed by atoms with Gasteiger partial charge in [-0.05, 0) is 53.9 Å². The summed E-state index contributed by atoms with van der Waals surface area (Å²) in [6.45, 7) is 3.79. The number of likely N-dealkylation sites (tertiary alicyclic amines) is 1. The largest absolute Gasteiger partial charge is 0.497 e. The molecule has 5 nitrogen and oxygen atoms in total. The number of piperidine rings is 1. The normalized spacial score (nSPS) is 18.2. The molecule has 1 fully saturated rings. The third-order valence-corrected chi connectivity index (χ3v) is 4.84. The zero-order valence-corrected chi connectivity index (χ0v) is 14.8. The van der Waals surface area contributed by atoms with Crippen molar-refractivity contribution in [3.63, 3.8) is 0 Å². The van der Waals surface area contributed by atoms with Crippen molar-refractivity contribution < 1.29 is 9.53 Å². The Morgan fingerprint density at radius 2 is 2.08 bits per heavy atom. The van der Waals surface area contributed by atoms with E-state index in [9.17, 15) is 4.79 Å². The van der Waals surface area contributed by atoms with Crippen molar-refractivity contribution in [1.29, 1.82) is 0 Å². The van der Waals surface area contributed by atoms with Crippen molar-refractivity contribution in [2.75, 3.05) is 33.3 Å². The van der Waals surface area contributed by atoms with Gasteiger partial charge in [0.15, 0.2) is 0 Å². The molecule has 1 unspecified atom stereocenters. The Morgan fingerprint density at radius 3 is 2.88 bits per heavy atom. The number of carbonyl (C=O) groups is 1. The van der Waals surface area contributed by atoms with Crippen LogP contribution in [-0.4, -0.2) is 44.1 Å². The minimum Gasteiger partial charge on any atom is -0.497 e. The lowest BCUT2D eigenvalue weighted by Gasteiger charge is -2.32. The molecule has 1 saturated heterocycles. The van der Waals surface area contributed by atoms with E-state index in [0.717, 1.165) is 38.2 Å². The molecule has 3 N–H and O–H groups in total. The summed E-state index contributed by atoms with van der Waals surface area (Å²) in [6.07, 6.45) is 2.02. The highest BCUT2D eigenvalue weighted by Gasteiger charge is 2.25. The summed E-state index contributed by atoms with van der Waals surface area (Å²) in [5.41, 5.74) is 6.74. The van der Waals surface area contributed by atoms with Crippen molar-refractivity contribution in [2.24, 2.45) is 11.7 Å². The smallest absolute Gasteiger partial charge is 0.224 e. The Bertz CT molecular complexity index is 732. The Hall–Kier alpha value is -2.11. The van der Waals surface area contributed by atoms with Crippen molar-refractivity contribution in [1.82, 2.24) is 10.2 Å². The predicted octanol–water partition coefficient (Wildman–Crippen LogP) is 2.14. The Labute approximate surface area is 149 Å². The number of ether oxygens (including phenoxy) is 1. The molecule has 134 valence electrons. The maximum absolute atomic E-state index is 12.2. The minimum absolute atomic E-state index is 0.0741. The first-order valence-electron chi connectivity index (χ1n) is 8.96. The van der Waals surface area contributed by atoms with E-state index in [2.05, 4.69) is 40.5 Å². The number of hydrogen-bond acceptors (Lipinski definition) is 4. The fourth-order valence-electron chi connectivity index (χ4n) is 3.51. The van der Waals surface area contributed by atoms with Crippen molar-refractivity contribution in [3.05, 3.63) is 42.0 Å². The standard InChI is InChI=1S/C20H27N3O2/c1-25-19-7-6-16-11-15(4-5-17(16)12-19)13-23-10-2-3-18(14-23)20(24)22-9-8-21/h4-7,11-12,18H,2-3,8-10,13-14,21H2,1H3,(H,22,24). The van der Waals surface area contributed by atoms with Crippen LogP contribution in [0.2, 0.25) is 0 Å². The zero-order valence-electron chi connectivity index (χ0n) is 14.8. The van der Waals surface area contributed by atoms with Crippen molar-refractivity contribution in [2.45, 2.75) is 19.4 Å². The van der Waals surface area contributed by atoms with E-state index < -0.39 is 0 Å². The van der Waals surface area contributed by atoms with Crippen LogP contribution in [0.25, 0.3) is 10.8 Å². The second kappa shape index (κ2) is 8.32. The molecule has 25 heavy (non-hydrogen) atoms. The molecule has 1 aliphatic heterocycles. The molecule has 0 aromatic heterocycles. The molecular weight excluding hydrogens is 314 g/mol. The highest BCUT2D eigenvalue weighted by Crippen LogP contribution is 2.24. The van der Waals surface area contributed by atoms with Crippen molar-refractivity contribution >= 4 is 16.7 Å². The summed E-state index contributed by atoms with van der Waals surface area (Å²) in [6, 6.07) is 12.7. The van der Waals surface area contributed by atoms with Gasteiger partial charge in [-0.25, -0.2) is 0 Å². The fourth-order valence-corrected chi connectivity index (χ4v) is 3.51. The number of methoxy groups -OCH3 is 1. The van der Waals surface area contributed by atoms with E-state index in [1.165, 1.54) is 16.3 Å². The van der Waals surface area contributed by atoms with Crippen molar-refractivity contribution in [3.8, 4) is 5.75 Å². The van der Waals surface area contributed by atoms with Gasteiger partial charge < -0.3 is 15.8 Å². The number of benzene rings is 2. The predicted molar refractivity (Wildman–Crippen MR) is 101 cm³/mol. The third-order valence-electron chi connectivity index (χ3n) is 4.84.